The number of hydrogen-bond acceptors (Lipinski definition) is 5. The maximum Gasteiger partial charge on any atom is 0.315 e. The smallest absolute Gasteiger partial charge is 0.315 e. The van der Waals surface area contributed by atoms with E-state index in [1.165, 1.54) is 29.8 Å². The SMILES string of the molecule is O=C(NC[C@H](CC(=O)c1ccc(C(=O)NCc2ccccc2O)cc1Cl)C(=O)O)N[C@@H]1CCc2ccccc21. The normalized spacial score (nSPS) is 14.6. The van der Waals surface area contributed by atoms with Crippen LogP contribution in [0.5, 0.6) is 5.75 Å². The van der Waals surface area contributed by atoms with E-state index in [1.54, 1.807) is 18.2 Å². The van der Waals surface area contributed by atoms with E-state index in [1.807, 2.05) is 24.3 Å². The van der Waals surface area contributed by atoms with E-state index in [0.717, 1.165) is 18.4 Å². The van der Waals surface area contributed by atoms with Crippen molar-refractivity contribution in [3.8, 4) is 5.75 Å². The van der Waals surface area contributed by atoms with Gasteiger partial charge in [-0.1, -0.05) is 54.1 Å². The fourth-order valence-electron chi connectivity index (χ4n) is 4.53. The molecule has 39 heavy (non-hydrogen) atoms. The van der Waals surface area contributed by atoms with Gasteiger partial charge < -0.3 is 26.2 Å². The van der Waals surface area contributed by atoms with Crippen LogP contribution in [0.15, 0.2) is 66.7 Å². The van der Waals surface area contributed by atoms with Gasteiger partial charge in [0.1, 0.15) is 5.75 Å². The van der Waals surface area contributed by atoms with E-state index in [9.17, 15) is 29.4 Å². The molecule has 2 atom stereocenters. The van der Waals surface area contributed by atoms with Crippen LogP contribution < -0.4 is 16.0 Å². The third-order valence-corrected chi connectivity index (χ3v) is 7.00. The molecule has 1 aliphatic carbocycles. The number of hydrogen-bond donors (Lipinski definition) is 5. The number of urea groups is 1. The minimum Gasteiger partial charge on any atom is -0.508 e. The van der Waals surface area contributed by atoms with Gasteiger partial charge in [-0.05, 0) is 48.2 Å². The molecule has 9 nitrogen and oxygen atoms in total. The average Bonchev–Trinajstić information content (AvgIpc) is 3.32. The highest BCUT2D eigenvalue weighted by molar-refractivity contribution is 6.34. The molecule has 10 heteroatoms. The first-order valence-corrected chi connectivity index (χ1v) is 12.8. The number of fused-ring (bicyclic) bond motifs is 1. The molecule has 3 aromatic carbocycles. The summed E-state index contributed by atoms with van der Waals surface area (Å²) in [6.07, 6.45) is 1.22. The first kappa shape index (κ1) is 27.7. The van der Waals surface area contributed by atoms with Crippen LogP contribution in [0.4, 0.5) is 4.79 Å². The van der Waals surface area contributed by atoms with Crippen molar-refractivity contribution in [2.75, 3.05) is 6.54 Å². The quantitative estimate of drug-likeness (QED) is 0.239. The average molecular weight is 550 g/mol. The second kappa shape index (κ2) is 12.4. The Bertz CT molecular complexity index is 1410. The number of para-hydroxylation sites is 1. The number of phenols is 1. The largest absolute Gasteiger partial charge is 0.508 e. The zero-order chi connectivity index (χ0) is 27.9. The number of halogens is 1. The maximum absolute atomic E-state index is 12.9. The van der Waals surface area contributed by atoms with Crippen LogP contribution in [0.25, 0.3) is 0 Å². The number of carboxylic acids is 1. The second-order valence-corrected chi connectivity index (χ2v) is 9.72. The Balaban J connectivity index is 1.31. The van der Waals surface area contributed by atoms with E-state index in [-0.39, 0.29) is 47.5 Å². The number of nitrogens with one attached hydrogen (secondary N) is 3. The van der Waals surface area contributed by atoms with Crippen molar-refractivity contribution >= 4 is 35.3 Å². The van der Waals surface area contributed by atoms with Crippen LogP contribution in [0, 0.1) is 5.92 Å². The molecular formula is C29H28ClN3O6. The lowest BCUT2D eigenvalue weighted by Crippen LogP contribution is -2.41. The van der Waals surface area contributed by atoms with Crippen LogP contribution in [0.1, 0.15) is 56.3 Å². The summed E-state index contributed by atoms with van der Waals surface area (Å²) in [5.41, 5.74) is 3.04. The molecule has 0 aromatic heterocycles. The molecule has 1 aliphatic rings. The fourth-order valence-corrected chi connectivity index (χ4v) is 4.82. The number of aryl methyl sites for hydroxylation is 1. The molecule has 0 saturated carbocycles. The predicted molar refractivity (Wildman–Crippen MR) is 145 cm³/mol. The second-order valence-electron chi connectivity index (χ2n) is 9.31. The summed E-state index contributed by atoms with van der Waals surface area (Å²) >= 11 is 6.27. The number of aromatic hydroxyl groups is 1. The van der Waals surface area contributed by atoms with Gasteiger partial charge in [-0.25, -0.2) is 4.79 Å². The highest BCUT2D eigenvalue weighted by Crippen LogP contribution is 2.30. The van der Waals surface area contributed by atoms with Crippen LogP contribution in [0.3, 0.4) is 0 Å². The van der Waals surface area contributed by atoms with Crippen molar-refractivity contribution in [2.45, 2.75) is 31.8 Å². The first-order valence-electron chi connectivity index (χ1n) is 12.5. The minimum absolute atomic E-state index is 0.00458. The van der Waals surface area contributed by atoms with Crippen LogP contribution in [-0.4, -0.2) is 40.4 Å². The lowest BCUT2D eigenvalue weighted by atomic mass is 9.97. The summed E-state index contributed by atoms with van der Waals surface area (Å²) < 4.78 is 0. The molecule has 0 radical (unpaired) electrons. The van der Waals surface area contributed by atoms with E-state index in [4.69, 9.17) is 11.6 Å². The Kier molecular flexibility index (Phi) is 8.83. The molecule has 0 fully saturated rings. The highest BCUT2D eigenvalue weighted by atomic mass is 35.5. The molecule has 0 unspecified atom stereocenters. The summed E-state index contributed by atoms with van der Waals surface area (Å²) in [4.78, 5) is 49.6. The molecule has 0 heterocycles. The Hall–Kier alpha value is -4.37. The number of carbonyl (C=O) groups excluding carboxylic acids is 3. The molecular weight excluding hydrogens is 522 g/mol. The number of amides is 3. The molecule has 0 aliphatic heterocycles. The van der Waals surface area contributed by atoms with Gasteiger partial charge in [0, 0.05) is 36.2 Å². The van der Waals surface area contributed by atoms with Gasteiger partial charge in [-0.15, -0.1) is 0 Å². The topological polar surface area (TPSA) is 145 Å². The number of aliphatic carboxylic acids is 1. The summed E-state index contributed by atoms with van der Waals surface area (Å²) in [7, 11) is 0. The molecule has 5 N–H and O–H groups in total. The zero-order valence-electron chi connectivity index (χ0n) is 20.9. The zero-order valence-corrected chi connectivity index (χ0v) is 21.7. The van der Waals surface area contributed by atoms with Gasteiger partial charge in [0.15, 0.2) is 5.78 Å². The maximum atomic E-state index is 12.9. The molecule has 0 bridgehead atoms. The fraction of sp³-hybridized carbons (Fsp3) is 0.241. The van der Waals surface area contributed by atoms with Crippen molar-refractivity contribution in [3.05, 3.63) is 99.6 Å². The van der Waals surface area contributed by atoms with Gasteiger partial charge in [0.2, 0.25) is 0 Å². The third-order valence-electron chi connectivity index (χ3n) is 6.69. The van der Waals surface area contributed by atoms with Crippen molar-refractivity contribution < 1.29 is 29.4 Å². The highest BCUT2D eigenvalue weighted by Gasteiger charge is 2.26. The van der Waals surface area contributed by atoms with E-state index in [2.05, 4.69) is 16.0 Å². The number of phenolic OH excluding ortho intramolecular Hbond substituents is 1. The van der Waals surface area contributed by atoms with Crippen LogP contribution in [-0.2, 0) is 17.8 Å². The van der Waals surface area contributed by atoms with Crippen LogP contribution in [0.2, 0.25) is 5.02 Å². The Labute approximate surface area is 230 Å². The van der Waals surface area contributed by atoms with Gasteiger partial charge in [0.05, 0.1) is 17.0 Å². The lowest BCUT2D eigenvalue weighted by Gasteiger charge is -2.17. The van der Waals surface area contributed by atoms with E-state index < -0.39 is 29.6 Å². The Morgan fingerprint density at radius 2 is 1.72 bits per heavy atom. The molecule has 0 spiro atoms. The van der Waals surface area contributed by atoms with Gasteiger partial charge in [-0.3, -0.25) is 14.4 Å². The standard InChI is InChI=1S/C29H28ClN3O6/c30-23-13-18(27(36)31-15-19-6-2-4-8-25(19)34)9-11-22(23)26(35)14-20(28(37)38)16-32-29(39)33-24-12-10-17-5-1-3-7-21(17)24/h1-9,11,13,20,24,34H,10,12,14-16H2,(H,31,36)(H,37,38)(H2,32,33,39)/t20-,24+/m0/s1. The number of rotatable bonds is 10. The Morgan fingerprint density at radius 1 is 0.974 bits per heavy atom. The van der Waals surface area contributed by atoms with Crippen molar-refractivity contribution in [1.29, 1.82) is 0 Å². The summed E-state index contributed by atoms with van der Waals surface area (Å²) in [5, 5.41) is 27.6. The van der Waals surface area contributed by atoms with Gasteiger partial charge in [-0.2, -0.15) is 0 Å². The number of carboxylic acid groups (broad SMARTS) is 1. The van der Waals surface area contributed by atoms with Crippen LogP contribution >= 0.6 is 11.6 Å². The number of carbonyl (C=O) groups is 4. The minimum atomic E-state index is -1.23. The summed E-state index contributed by atoms with van der Waals surface area (Å²) in [6.45, 7) is -0.149. The monoisotopic (exact) mass is 549 g/mol. The van der Waals surface area contributed by atoms with Crippen molar-refractivity contribution in [2.24, 2.45) is 5.92 Å². The first-order chi connectivity index (χ1) is 18.7. The molecule has 3 amide bonds. The van der Waals surface area contributed by atoms with Crippen molar-refractivity contribution in [1.82, 2.24) is 16.0 Å². The number of ketones is 1. The predicted octanol–water partition coefficient (Wildman–Crippen LogP) is 4.24. The summed E-state index contributed by atoms with van der Waals surface area (Å²) in [5.74, 6) is -3.33. The Morgan fingerprint density at radius 3 is 2.46 bits per heavy atom. The van der Waals surface area contributed by atoms with Gasteiger partial charge >= 0.3 is 12.0 Å². The van der Waals surface area contributed by atoms with E-state index in [0.29, 0.717) is 5.56 Å². The molecule has 0 saturated heterocycles. The van der Waals surface area contributed by atoms with Gasteiger partial charge in [0.25, 0.3) is 5.91 Å². The molecule has 202 valence electrons. The molecule has 4 rings (SSSR count). The number of benzene rings is 3. The third kappa shape index (κ3) is 6.94. The summed E-state index contributed by atoms with van der Waals surface area (Å²) in [6, 6.07) is 17.9. The lowest BCUT2D eigenvalue weighted by molar-refractivity contribution is -0.141. The van der Waals surface area contributed by atoms with Crippen molar-refractivity contribution in [3.63, 3.8) is 0 Å². The number of Topliss-reactive ketones (excluding diaryl/α,β-unsaturated/α-hetero) is 1. The van der Waals surface area contributed by atoms with E-state index >= 15 is 0 Å². The molecule has 3 aromatic rings.